The van der Waals surface area contributed by atoms with E-state index in [4.69, 9.17) is 0 Å². The largest absolute Gasteiger partial charge is 0.337 e. The van der Waals surface area contributed by atoms with Crippen LogP contribution in [0.15, 0.2) is 82.8 Å². The van der Waals surface area contributed by atoms with Gasteiger partial charge in [0, 0.05) is 27.9 Å². The summed E-state index contributed by atoms with van der Waals surface area (Å²) in [5.74, 6) is -1.36. The van der Waals surface area contributed by atoms with Gasteiger partial charge in [-0.1, -0.05) is 22.0 Å². The Morgan fingerprint density at radius 1 is 0.952 bits per heavy atom. The Balaban J connectivity index is 1.63. The number of hydrogen-bond donors (Lipinski definition) is 0. The van der Waals surface area contributed by atoms with Gasteiger partial charge < -0.3 is 0 Å². The fourth-order valence-electron chi connectivity index (χ4n) is 4.54. The minimum atomic E-state index is -0.849. The van der Waals surface area contributed by atoms with Crippen LogP contribution in [-0.2, 0) is 11.9 Å². The molecule has 0 amide bonds. The van der Waals surface area contributed by atoms with Crippen LogP contribution in [0.25, 0.3) is 32.2 Å². The summed E-state index contributed by atoms with van der Waals surface area (Å²) in [6.45, 7) is -0.501. The Morgan fingerprint density at radius 2 is 1.64 bits per heavy atom. The fraction of sp³-hybridized carbons (Fsp3) is 0.0741. The van der Waals surface area contributed by atoms with Crippen LogP contribution in [0.4, 0.5) is 14.5 Å². The molecule has 6 aromatic rings. The zero-order valence-corrected chi connectivity index (χ0v) is 23.6. The number of thiophene rings is 1. The number of hydrogen-bond acceptors (Lipinski definition) is 8. The number of nitro benzene ring substituents is 1. The van der Waals surface area contributed by atoms with E-state index < -0.39 is 34.4 Å². The molecule has 0 aliphatic rings. The predicted molar refractivity (Wildman–Crippen MR) is 155 cm³/mol. The van der Waals surface area contributed by atoms with Crippen molar-refractivity contribution < 1.29 is 13.7 Å². The van der Waals surface area contributed by atoms with E-state index in [9.17, 15) is 28.5 Å². The highest BCUT2D eigenvalue weighted by molar-refractivity contribution is 9.08. The maximum atomic E-state index is 14.8. The first kappa shape index (κ1) is 27.3. The number of alkyl halides is 1. The molecule has 2 aromatic carbocycles. The van der Waals surface area contributed by atoms with Gasteiger partial charge in [-0.25, -0.2) is 23.1 Å². The van der Waals surface area contributed by atoms with Crippen molar-refractivity contribution in [3.63, 3.8) is 0 Å². The van der Waals surface area contributed by atoms with Gasteiger partial charge >= 0.3 is 5.69 Å². The molecule has 0 atom stereocenters. The molecule has 15 heteroatoms. The summed E-state index contributed by atoms with van der Waals surface area (Å²) in [5.41, 5.74) is -0.767. The number of fused-ring (bicyclic) bond motifs is 1. The molecule has 6 rings (SSSR count). The van der Waals surface area contributed by atoms with E-state index in [0.29, 0.717) is 21.8 Å². The Hall–Kier alpha value is -4.89. The molecule has 0 saturated carbocycles. The van der Waals surface area contributed by atoms with Crippen molar-refractivity contribution in [2.75, 3.05) is 0 Å². The van der Waals surface area contributed by atoms with Gasteiger partial charge in [-0.05, 0) is 47.5 Å². The van der Waals surface area contributed by atoms with E-state index in [1.54, 1.807) is 12.1 Å². The van der Waals surface area contributed by atoms with Crippen LogP contribution in [0.2, 0.25) is 0 Å². The second kappa shape index (κ2) is 10.8. The van der Waals surface area contributed by atoms with Crippen molar-refractivity contribution in [3.05, 3.63) is 127 Å². The predicted octanol–water partition coefficient (Wildman–Crippen LogP) is 4.99. The monoisotopic (exact) mass is 651 g/mol. The summed E-state index contributed by atoms with van der Waals surface area (Å²) < 4.78 is 31.6. The molecule has 0 N–H and O–H groups in total. The van der Waals surface area contributed by atoms with Crippen molar-refractivity contribution in [3.8, 4) is 21.9 Å². The van der Waals surface area contributed by atoms with Crippen LogP contribution in [0.1, 0.15) is 11.1 Å². The van der Waals surface area contributed by atoms with Crippen LogP contribution >= 0.6 is 27.3 Å². The highest BCUT2D eigenvalue weighted by atomic mass is 79.9. The van der Waals surface area contributed by atoms with E-state index in [0.717, 1.165) is 32.6 Å². The number of non-ortho nitro benzene ring substituents is 1. The molecular weight excluding hydrogens is 636 g/mol. The van der Waals surface area contributed by atoms with E-state index in [-0.39, 0.29) is 32.5 Å². The first-order chi connectivity index (χ1) is 20.3. The summed E-state index contributed by atoms with van der Waals surface area (Å²) in [5, 5.41) is 19.5. The Morgan fingerprint density at radius 3 is 2.24 bits per heavy atom. The Bertz CT molecular complexity index is 2070. The lowest BCUT2D eigenvalue weighted by molar-refractivity contribution is -0.384. The number of pyridine rings is 1. The summed E-state index contributed by atoms with van der Waals surface area (Å²) in [6.07, 6.45) is 4.24. The lowest BCUT2D eigenvalue weighted by Crippen LogP contribution is -2.39. The third-order valence-electron chi connectivity index (χ3n) is 6.54. The van der Waals surface area contributed by atoms with E-state index in [1.807, 2.05) is 0 Å². The molecule has 11 nitrogen and oxygen atoms in total. The molecule has 0 radical (unpaired) electrons. The standard InChI is InChI=1S/C27H16BrF2N7O4S/c28-12-18-23-25(38)35(17-8-9-22(31-13-17)36-32-10-11-33-36)27(39)34(14-19-20(29)2-1-3-21(19)30)26(23)42-24(18)15-4-6-16(7-5-15)37(40)41/h1-11,13H,12,14H2. The summed E-state index contributed by atoms with van der Waals surface area (Å²) in [4.78, 5) is 44.9. The lowest BCUT2D eigenvalue weighted by atomic mass is 10.1. The number of aromatic nitrogens is 6. The second-order valence-electron chi connectivity index (χ2n) is 8.93. The molecule has 210 valence electrons. The number of nitro groups is 1. The highest BCUT2D eigenvalue weighted by Gasteiger charge is 2.25. The quantitative estimate of drug-likeness (QED) is 0.135. The van der Waals surface area contributed by atoms with Gasteiger partial charge in [0.05, 0.1) is 41.1 Å². The molecule has 4 aromatic heterocycles. The smallest absolute Gasteiger partial charge is 0.279 e. The molecule has 0 fully saturated rings. The minimum absolute atomic E-state index is 0.115. The number of halogens is 3. The molecule has 4 heterocycles. The zero-order chi connectivity index (χ0) is 29.5. The number of benzene rings is 2. The zero-order valence-electron chi connectivity index (χ0n) is 21.1. The molecule has 0 unspecified atom stereocenters. The molecule has 0 bridgehead atoms. The third kappa shape index (κ3) is 4.61. The van der Waals surface area contributed by atoms with Gasteiger partial charge in [0.25, 0.3) is 11.2 Å². The normalized spacial score (nSPS) is 11.3. The van der Waals surface area contributed by atoms with E-state index >= 15 is 0 Å². The van der Waals surface area contributed by atoms with Crippen molar-refractivity contribution in [2.45, 2.75) is 11.9 Å². The van der Waals surface area contributed by atoms with Crippen molar-refractivity contribution >= 4 is 43.2 Å². The van der Waals surface area contributed by atoms with Crippen molar-refractivity contribution in [1.82, 2.24) is 29.1 Å². The second-order valence-corrected chi connectivity index (χ2v) is 10.5. The highest BCUT2D eigenvalue weighted by Crippen LogP contribution is 2.39. The maximum Gasteiger partial charge on any atom is 0.337 e. The van der Waals surface area contributed by atoms with Crippen LogP contribution in [0.5, 0.6) is 0 Å². The van der Waals surface area contributed by atoms with Gasteiger partial charge in [-0.2, -0.15) is 10.2 Å². The van der Waals surface area contributed by atoms with Crippen LogP contribution in [-0.4, -0.2) is 34.0 Å². The molecule has 0 saturated heterocycles. The fourth-order valence-corrected chi connectivity index (χ4v) is 6.59. The third-order valence-corrected chi connectivity index (χ3v) is 8.40. The molecule has 0 aliphatic carbocycles. The Labute approximate surface area is 246 Å². The van der Waals surface area contributed by atoms with Crippen LogP contribution in [0, 0.1) is 21.7 Å². The summed E-state index contributed by atoms with van der Waals surface area (Å²) >= 11 is 4.51. The van der Waals surface area contributed by atoms with Crippen LogP contribution < -0.4 is 11.2 Å². The van der Waals surface area contributed by atoms with Crippen molar-refractivity contribution in [2.24, 2.45) is 0 Å². The lowest BCUT2D eigenvalue weighted by Gasteiger charge is -2.13. The topological polar surface area (TPSA) is 131 Å². The molecular formula is C27H16BrF2N7O4S. The number of rotatable bonds is 7. The average Bonchev–Trinajstić information content (AvgIpc) is 3.66. The van der Waals surface area contributed by atoms with Gasteiger partial charge in [-0.3, -0.25) is 19.5 Å². The Kier molecular flexibility index (Phi) is 7.04. The van der Waals surface area contributed by atoms with Gasteiger partial charge in [0.2, 0.25) is 0 Å². The van der Waals surface area contributed by atoms with Crippen LogP contribution in [0.3, 0.4) is 0 Å². The van der Waals surface area contributed by atoms with E-state index in [1.165, 1.54) is 53.7 Å². The molecule has 42 heavy (non-hydrogen) atoms. The average molecular weight is 652 g/mol. The number of nitrogens with zero attached hydrogens (tertiary/aromatic N) is 7. The van der Waals surface area contributed by atoms with E-state index in [2.05, 4.69) is 31.1 Å². The first-order valence-electron chi connectivity index (χ1n) is 12.2. The molecule has 0 aliphatic heterocycles. The van der Waals surface area contributed by atoms with Gasteiger partial charge in [0.15, 0.2) is 5.82 Å². The summed E-state index contributed by atoms with van der Waals surface area (Å²) in [6, 6.07) is 12.2. The summed E-state index contributed by atoms with van der Waals surface area (Å²) in [7, 11) is 0. The van der Waals surface area contributed by atoms with Gasteiger partial charge in [-0.15, -0.1) is 16.1 Å². The van der Waals surface area contributed by atoms with Crippen molar-refractivity contribution in [1.29, 1.82) is 0 Å². The molecule has 0 spiro atoms. The maximum absolute atomic E-state index is 14.8. The van der Waals surface area contributed by atoms with Gasteiger partial charge in [0.1, 0.15) is 16.5 Å². The minimum Gasteiger partial charge on any atom is -0.279 e. The SMILES string of the molecule is O=c1c2c(CBr)c(-c3ccc([N+](=O)[O-])cc3)sc2n(Cc2c(F)cccc2F)c(=O)n1-c1ccc(-n2nccn2)nc1. The first-order valence-corrected chi connectivity index (χ1v) is 14.1.